The highest BCUT2D eigenvalue weighted by Gasteiger charge is 2.27. The highest BCUT2D eigenvalue weighted by Crippen LogP contribution is 2.33. The van der Waals surface area contributed by atoms with Gasteiger partial charge in [0.2, 0.25) is 5.89 Å². The second-order valence-electron chi connectivity index (χ2n) is 6.23. The number of rotatable bonds is 4. The maximum Gasteiger partial charge on any atom is 0.311 e. The topological polar surface area (TPSA) is 77.7 Å². The van der Waals surface area contributed by atoms with Crippen LogP contribution in [0.25, 0.3) is 11.5 Å². The number of methoxy groups -OCH3 is 2. The van der Waals surface area contributed by atoms with E-state index in [1.807, 2.05) is 42.5 Å². The fourth-order valence-electron chi connectivity index (χ4n) is 3.20. The molecule has 0 N–H and O–H groups in total. The van der Waals surface area contributed by atoms with Gasteiger partial charge in [-0.3, -0.25) is 4.79 Å². The van der Waals surface area contributed by atoms with Crippen LogP contribution in [0.15, 0.2) is 46.9 Å². The van der Waals surface area contributed by atoms with Crippen LogP contribution in [0.4, 0.5) is 0 Å². The molecule has 0 saturated heterocycles. The lowest BCUT2D eigenvalue weighted by molar-refractivity contribution is 0.0694. The highest BCUT2D eigenvalue weighted by molar-refractivity contribution is 5.90. The summed E-state index contributed by atoms with van der Waals surface area (Å²) in [6, 6.07) is 13.3. The standard InChI is InChI=1S/C20H19N3O4/c1-25-16-10-14-8-9-23(12-15(14)11-17(16)26-2)20(24)19-22-21-18(27-19)13-6-4-3-5-7-13/h3-7,10-11H,8-9,12H2,1-2H3. The molecule has 1 aliphatic heterocycles. The van der Waals surface area contributed by atoms with Crippen LogP contribution < -0.4 is 9.47 Å². The summed E-state index contributed by atoms with van der Waals surface area (Å²) in [5.41, 5.74) is 2.95. The van der Waals surface area contributed by atoms with Gasteiger partial charge in [0, 0.05) is 18.7 Å². The second-order valence-corrected chi connectivity index (χ2v) is 6.23. The summed E-state index contributed by atoms with van der Waals surface area (Å²) in [5, 5.41) is 7.93. The Bertz CT molecular complexity index is 969. The Hall–Kier alpha value is -3.35. The molecule has 27 heavy (non-hydrogen) atoms. The van der Waals surface area contributed by atoms with Gasteiger partial charge in [0.15, 0.2) is 11.5 Å². The lowest BCUT2D eigenvalue weighted by Gasteiger charge is -2.28. The van der Waals surface area contributed by atoms with Crippen molar-refractivity contribution in [1.29, 1.82) is 0 Å². The van der Waals surface area contributed by atoms with Gasteiger partial charge in [-0.15, -0.1) is 10.2 Å². The van der Waals surface area contributed by atoms with E-state index in [-0.39, 0.29) is 11.8 Å². The Morgan fingerprint density at radius 3 is 2.44 bits per heavy atom. The molecule has 0 aliphatic carbocycles. The van der Waals surface area contributed by atoms with E-state index in [0.717, 1.165) is 23.1 Å². The van der Waals surface area contributed by atoms with Crippen LogP contribution in [0, 0.1) is 0 Å². The molecule has 0 saturated carbocycles. The third-order valence-corrected chi connectivity index (χ3v) is 4.63. The molecule has 1 aromatic heterocycles. The summed E-state index contributed by atoms with van der Waals surface area (Å²) in [5.74, 6) is 1.40. The first-order valence-corrected chi connectivity index (χ1v) is 8.61. The molecule has 2 heterocycles. The first-order valence-electron chi connectivity index (χ1n) is 8.61. The Morgan fingerprint density at radius 1 is 1.04 bits per heavy atom. The monoisotopic (exact) mass is 365 g/mol. The van der Waals surface area contributed by atoms with Crippen LogP contribution in [0.3, 0.4) is 0 Å². The minimum atomic E-state index is -0.273. The van der Waals surface area contributed by atoms with Crippen molar-refractivity contribution < 1.29 is 18.7 Å². The molecule has 0 atom stereocenters. The van der Waals surface area contributed by atoms with Crippen molar-refractivity contribution in [2.75, 3.05) is 20.8 Å². The SMILES string of the molecule is COc1cc2c(cc1OC)CN(C(=O)c1nnc(-c3ccccc3)o1)CC2. The molecule has 0 bridgehead atoms. The number of carbonyl (C=O) groups excluding carboxylic acids is 1. The fourth-order valence-corrected chi connectivity index (χ4v) is 3.20. The van der Waals surface area contributed by atoms with Gasteiger partial charge in [-0.2, -0.15) is 0 Å². The van der Waals surface area contributed by atoms with Gasteiger partial charge in [-0.05, 0) is 41.8 Å². The molecule has 1 aliphatic rings. The molecular weight excluding hydrogens is 346 g/mol. The van der Waals surface area contributed by atoms with E-state index >= 15 is 0 Å². The molecule has 138 valence electrons. The van der Waals surface area contributed by atoms with Crippen LogP contribution in [-0.2, 0) is 13.0 Å². The average Bonchev–Trinajstić information content (AvgIpc) is 3.22. The van der Waals surface area contributed by atoms with Crippen molar-refractivity contribution in [2.24, 2.45) is 0 Å². The molecule has 1 amide bonds. The molecule has 7 heteroatoms. The van der Waals surface area contributed by atoms with Crippen molar-refractivity contribution in [2.45, 2.75) is 13.0 Å². The lowest BCUT2D eigenvalue weighted by atomic mass is 9.98. The summed E-state index contributed by atoms with van der Waals surface area (Å²) in [7, 11) is 3.21. The van der Waals surface area contributed by atoms with E-state index in [9.17, 15) is 4.79 Å². The van der Waals surface area contributed by atoms with Crippen LogP contribution in [0.5, 0.6) is 11.5 Å². The van der Waals surface area contributed by atoms with Gasteiger partial charge in [-0.25, -0.2) is 0 Å². The molecule has 0 unspecified atom stereocenters. The zero-order chi connectivity index (χ0) is 18.8. The maximum atomic E-state index is 12.8. The Kier molecular flexibility index (Phi) is 4.50. The summed E-state index contributed by atoms with van der Waals surface area (Å²) in [6.07, 6.45) is 0.723. The van der Waals surface area contributed by atoms with Crippen LogP contribution in [0.1, 0.15) is 21.8 Å². The predicted molar refractivity (Wildman–Crippen MR) is 97.7 cm³/mol. The van der Waals surface area contributed by atoms with Crippen LogP contribution >= 0.6 is 0 Å². The Labute approximate surface area is 156 Å². The fraction of sp³-hybridized carbons (Fsp3) is 0.250. The molecule has 7 nitrogen and oxygen atoms in total. The number of fused-ring (bicyclic) bond motifs is 1. The van der Waals surface area contributed by atoms with E-state index in [0.29, 0.717) is 30.5 Å². The van der Waals surface area contributed by atoms with Gasteiger partial charge in [0.25, 0.3) is 0 Å². The third kappa shape index (κ3) is 3.23. The molecule has 2 aromatic carbocycles. The number of ether oxygens (including phenoxy) is 2. The number of carbonyl (C=O) groups is 1. The van der Waals surface area contributed by atoms with Gasteiger partial charge in [0.05, 0.1) is 14.2 Å². The number of amides is 1. The number of hydrogen-bond donors (Lipinski definition) is 0. The number of hydrogen-bond acceptors (Lipinski definition) is 6. The quantitative estimate of drug-likeness (QED) is 0.707. The highest BCUT2D eigenvalue weighted by atomic mass is 16.5. The molecule has 3 aromatic rings. The van der Waals surface area contributed by atoms with E-state index in [1.165, 1.54) is 0 Å². The number of aromatic nitrogens is 2. The minimum absolute atomic E-state index is 0.00206. The molecular formula is C20H19N3O4. The zero-order valence-corrected chi connectivity index (χ0v) is 15.1. The van der Waals surface area contributed by atoms with Gasteiger partial charge >= 0.3 is 11.8 Å². The number of benzene rings is 2. The van der Waals surface area contributed by atoms with Crippen molar-refractivity contribution in [3.63, 3.8) is 0 Å². The average molecular weight is 365 g/mol. The van der Waals surface area contributed by atoms with Gasteiger partial charge in [0.1, 0.15) is 0 Å². The zero-order valence-electron chi connectivity index (χ0n) is 15.1. The molecule has 0 radical (unpaired) electrons. The summed E-state index contributed by atoms with van der Waals surface area (Å²) in [6.45, 7) is 1.03. The van der Waals surface area contributed by atoms with E-state index < -0.39 is 0 Å². The lowest BCUT2D eigenvalue weighted by Crippen LogP contribution is -2.36. The number of nitrogens with zero attached hydrogens (tertiary/aromatic N) is 3. The molecule has 0 spiro atoms. The van der Waals surface area contributed by atoms with E-state index in [2.05, 4.69) is 10.2 Å². The van der Waals surface area contributed by atoms with Crippen molar-refractivity contribution in [1.82, 2.24) is 15.1 Å². The smallest absolute Gasteiger partial charge is 0.311 e. The Balaban J connectivity index is 1.55. The van der Waals surface area contributed by atoms with Gasteiger partial charge < -0.3 is 18.8 Å². The third-order valence-electron chi connectivity index (χ3n) is 4.63. The second kappa shape index (κ2) is 7.11. The largest absolute Gasteiger partial charge is 0.493 e. The predicted octanol–water partition coefficient (Wildman–Crippen LogP) is 2.95. The summed E-state index contributed by atoms with van der Waals surface area (Å²) < 4.78 is 16.3. The van der Waals surface area contributed by atoms with Crippen LogP contribution in [0.2, 0.25) is 0 Å². The molecule has 4 rings (SSSR count). The van der Waals surface area contributed by atoms with Gasteiger partial charge in [-0.1, -0.05) is 18.2 Å². The summed E-state index contributed by atoms with van der Waals surface area (Å²) >= 11 is 0. The van der Waals surface area contributed by atoms with E-state index in [1.54, 1.807) is 19.1 Å². The van der Waals surface area contributed by atoms with Crippen LogP contribution in [-0.4, -0.2) is 41.8 Å². The van der Waals surface area contributed by atoms with Crippen molar-refractivity contribution >= 4 is 5.91 Å². The van der Waals surface area contributed by atoms with Crippen molar-refractivity contribution in [3.05, 3.63) is 59.5 Å². The normalized spacial score (nSPS) is 13.2. The Morgan fingerprint density at radius 2 is 1.74 bits per heavy atom. The van der Waals surface area contributed by atoms with E-state index in [4.69, 9.17) is 13.9 Å². The molecule has 0 fully saturated rings. The maximum absolute atomic E-state index is 12.8. The first kappa shape index (κ1) is 17.1. The first-order chi connectivity index (χ1) is 13.2. The minimum Gasteiger partial charge on any atom is -0.493 e. The van der Waals surface area contributed by atoms with Crippen molar-refractivity contribution in [3.8, 4) is 23.0 Å². The summed E-state index contributed by atoms with van der Waals surface area (Å²) in [4.78, 5) is 14.5.